The molecule has 32 heavy (non-hydrogen) atoms. The van der Waals surface area contributed by atoms with Crippen LogP contribution in [0.5, 0.6) is 0 Å². The number of amides is 2. The molecule has 0 bridgehead atoms. The number of carbonyl (C=O) groups excluding carboxylic acids is 1. The summed E-state index contributed by atoms with van der Waals surface area (Å²) in [4.78, 5) is 14.6. The van der Waals surface area contributed by atoms with E-state index in [4.69, 9.17) is 16.3 Å². The first kappa shape index (κ1) is 21.6. The summed E-state index contributed by atoms with van der Waals surface area (Å²) in [5.41, 5.74) is 2.64. The van der Waals surface area contributed by atoms with Gasteiger partial charge in [0.2, 0.25) is 0 Å². The van der Waals surface area contributed by atoms with Crippen LogP contribution in [0.15, 0.2) is 48.7 Å². The summed E-state index contributed by atoms with van der Waals surface area (Å²) in [6, 6.07) is 14.1. The molecule has 1 fully saturated rings. The molecule has 4 rings (SSSR count). The van der Waals surface area contributed by atoms with Crippen LogP contribution in [0.1, 0.15) is 18.4 Å². The molecule has 10 heteroatoms. The summed E-state index contributed by atoms with van der Waals surface area (Å²) in [6.07, 6.45) is 3.69. The maximum Gasteiger partial charge on any atom is 0.324 e. The Morgan fingerprint density at radius 1 is 1.19 bits per heavy atom. The van der Waals surface area contributed by atoms with E-state index in [2.05, 4.69) is 31.9 Å². The highest BCUT2D eigenvalue weighted by molar-refractivity contribution is 6.30. The Labute approximate surface area is 190 Å². The van der Waals surface area contributed by atoms with Crippen LogP contribution in [0.2, 0.25) is 5.02 Å². The lowest BCUT2D eigenvalue weighted by atomic mass is 10.0. The second kappa shape index (κ2) is 9.68. The normalized spacial score (nSPS) is 14.1. The van der Waals surface area contributed by atoms with Crippen LogP contribution in [-0.4, -0.2) is 47.3 Å². The second-order valence-electron chi connectivity index (χ2n) is 7.37. The Bertz CT molecular complexity index is 1130. The van der Waals surface area contributed by atoms with Crippen molar-refractivity contribution in [3.63, 3.8) is 0 Å². The van der Waals surface area contributed by atoms with Gasteiger partial charge in [-0.1, -0.05) is 16.8 Å². The fourth-order valence-corrected chi connectivity index (χ4v) is 3.76. The van der Waals surface area contributed by atoms with Crippen LogP contribution in [-0.2, 0) is 4.74 Å². The Morgan fingerprint density at radius 3 is 2.62 bits per heavy atom. The van der Waals surface area contributed by atoms with Gasteiger partial charge in [-0.3, -0.25) is 5.32 Å². The van der Waals surface area contributed by atoms with E-state index >= 15 is 0 Å². The summed E-state index contributed by atoms with van der Waals surface area (Å²) in [6.45, 7) is 1.65. The molecule has 1 aromatic heterocycles. The molecule has 0 saturated carbocycles. The maximum atomic E-state index is 12.4. The molecule has 1 saturated heterocycles. The lowest BCUT2D eigenvalue weighted by molar-refractivity contribution is 0.0819. The number of anilines is 3. The predicted octanol–water partition coefficient (Wildman–Crippen LogP) is 4.05. The van der Waals surface area contributed by atoms with E-state index in [0.29, 0.717) is 16.3 Å². The number of hydrogen-bond acceptors (Lipinski definition) is 6. The van der Waals surface area contributed by atoms with Crippen LogP contribution in [0.3, 0.4) is 0 Å². The fraction of sp³-hybridized carbons (Fsp3) is 0.273. The molecule has 2 heterocycles. The van der Waals surface area contributed by atoms with E-state index in [9.17, 15) is 10.1 Å². The zero-order chi connectivity index (χ0) is 22.5. The SMILES string of the molecule is COC1CCN(c2ccc(NC(=O)Nc3cn(-c4ccc(Cl)cc4)nn3)cc2C#N)CC1. The number of methoxy groups -OCH3 is 1. The number of rotatable bonds is 5. The van der Waals surface area contributed by atoms with E-state index in [1.54, 1.807) is 49.7 Å². The average molecular weight is 452 g/mol. The minimum absolute atomic E-state index is 0.263. The third-order valence-electron chi connectivity index (χ3n) is 5.32. The number of halogens is 1. The smallest absolute Gasteiger partial charge is 0.324 e. The van der Waals surface area contributed by atoms with Crippen molar-refractivity contribution in [3.05, 3.63) is 59.2 Å². The molecule has 9 nitrogen and oxygen atoms in total. The molecule has 1 aliphatic rings. The number of carbonyl (C=O) groups is 1. The topological polar surface area (TPSA) is 108 Å². The van der Waals surface area contributed by atoms with Crippen LogP contribution < -0.4 is 15.5 Å². The van der Waals surface area contributed by atoms with Crippen LogP contribution in [0.25, 0.3) is 5.69 Å². The van der Waals surface area contributed by atoms with Gasteiger partial charge >= 0.3 is 6.03 Å². The van der Waals surface area contributed by atoms with Crippen molar-refractivity contribution in [1.29, 1.82) is 5.26 Å². The van der Waals surface area contributed by atoms with Crippen molar-refractivity contribution in [3.8, 4) is 11.8 Å². The standard InChI is InChI=1S/C22H22ClN7O2/c1-32-19-8-10-29(11-9-19)20-7-4-17(12-15(20)13-24)25-22(31)26-21-14-30(28-27-21)18-5-2-16(23)3-6-18/h2-7,12,14,19H,8-11H2,1H3,(H2,25,26,31). The number of nitrogens with zero attached hydrogens (tertiary/aromatic N) is 5. The minimum Gasteiger partial charge on any atom is -0.381 e. The van der Waals surface area contributed by atoms with E-state index < -0.39 is 6.03 Å². The molecule has 1 aliphatic heterocycles. The molecular formula is C22H22ClN7O2. The summed E-state index contributed by atoms with van der Waals surface area (Å²) in [5, 5.41) is 23.6. The first-order valence-electron chi connectivity index (χ1n) is 10.1. The minimum atomic E-state index is -0.481. The molecule has 2 N–H and O–H groups in total. The molecule has 3 aromatic rings. The first-order chi connectivity index (χ1) is 15.6. The van der Waals surface area contributed by atoms with Crippen molar-refractivity contribution >= 4 is 34.8 Å². The number of ether oxygens (including phenoxy) is 1. The van der Waals surface area contributed by atoms with Crippen molar-refractivity contribution in [1.82, 2.24) is 15.0 Å². The Kier molecular flexibility index (Phi) is 6.54. The van der Waals surface area contributed by atoms with Crippen LogP contribution >= 0.6 is 11.6 Å². The number of aromatic nitrogens is 3. The first-order valence-corrected chi connectivity index (χ1v) is 10.5. The van der Waals surface area contributed by atoms with Crippen molar-refractivity contribution in [2.45, 2.75) is 18.9 Å². The predicted molar refractivity (Wildman–Crippen MR) is 122 cm³/mol. The van der Waals surface area contributed by atoms with Gasteiger partial charge in [-0.05, 0) is 55.3 Å². The van der Waals surface area contributed by atoms with Crippen LogP contribution in [0, 0.1) is 11.3 Å². The third-order valence-corrected chi connectivity index (χ3v) is 5.57. The quantitative estimate of drug-likeness (QED) is 0.605. The van der Waals surface area contributed by atoms with Gasteiger partial charge in [0.1, 0.15) is 6.07 Å². The van der Waals surface area contributed by atoms with Gasteiger partial charge in [-0.2, -0.15) is 5.26 Å². The van der Waals surface area contributed by atoms with Gasteiger partial charge in [0.15, 0.2) is 5.82 Å². The molecule has 164 valence electrons. The van der Waals surface area contributed by atoms with E-state index in [0.717, 1.165) is 37.3 Å². The van der Waals surface area contributed by atoms with Crippen molar-refractivity contribution in [2.24, 2.45) is 0 Å². The summed E-state index contributed by atoms with van der Waals surface area (Å²) < 4.78 is 6.94. The average Bonchev–Trinajstić information content (AvgIpc) is 3.27. The fourth-order valence-electron chi connectivity index (χ4n) is 3.63. The molecule has 0 aliphatic carbocycles. The maximum absolute atomic E-state index is 12.4. The van der Waals surface area contributed by atoms with Gasteiger partial charge in [0, 0.05) is 30.9 Å². The Balaban J connectivity index is 1.39. The van der Waals surface area contributed by atoms with Crippen LogP contribution in [0.4, 0.5) is 22.0 Å². The summed E-state index contributed by atoms with van der Waals surface area (Å²) >= 11 is 5.90. The van der Waals surface area contributed by atoms with Gasteiger partial charge in [-0.25, -0.2) is 9.48 Å². The number of hydrogen-bond donors (Lipinski definition) is 2. The lowest BCUT2D eigenvalue weighted by Gasteiger charge is -2.33. The number of benzene rings is 2. The number of nitriles is 1. The van der Waals surface area contributed by atoms with E-state index in [1.807, 2.05) is 6.07 Å². The molecule has 0 atom stereocenters. The third kappa shape index (κ3) is 4.99. The zero-order valence-electron chi connectivity index (χ0n) is 17.5. The van der Waals surface area contributed by atoms with E-state index in [1.165, 1.54) is 4.68 Å². The monoisotopic (exact) mass is 451 g/mol. The van der Waals surface area contributed by atoms with Crippen molar-refractivity contribution in [2.75, 3.05) is 35.7 Å². The number of urea groups is 1. The molecule has 2 aromatic carbocycles. The number of nitrogens with one attached hydrogen (secondary N) is 2. The molecular weight excluding hydrogens is 430 g/mol. The van der Waals surface area contributed by atoms with Gasteiger partial charge < -0.3 is 15.0 Å². The molecule has 2 amide bonds. The highest BCUT2D eigenvalue weighted by atomic mass is 35.5. The summed E-state index contributed by atoms with van der Waals surface area (Å²) in [7, 11) is 1.73. The summed E-state index contributed by atoms with van der Waals surface area (Å²) in [5.74, 6) is 0.288. The Morgan fingerprint density at radius 2 is 1.94 bits per heavy atom. The lowest BCUT2D eigenvalue weighted by Crippen LogP contribution is -2.37. The van der Waals surface area contributed by atoms with E-state index in [-0.39, 0.29) is 11.9 Å². The zero-order valence-corrected chi connectivity index (χ0v) is 18.2. The number of piperidine rings is 1. The second-order valence-corrected chi connectivity index (χ2v) is 7.81. The Hall–Kier alpha value is -3.61. The van der Waals surface area contributed by atoms with Gasteiger partial charge in [0.25, 0.3) is 0 Å². The molecule has 0 unspecified atom stereocenters. The largest absolute Gasteiger partial charge is 0.381 e. The van der Waals surface area contributed by atoms with Gasteiger partial charge in [-0.15, -0.1) is 5.10 Å². The van der Waals surface area contributed by atoms with Gasteiger partial charge in [0.05, 0.1) is 29.2 Å². The molecule has 0 spiro atoms. The highest BCUT2D eigenvalue weighted by Gasteiger charge is 2.21. The highest BCUT2D eigenvalue weighted by Crippen LogP contribution is 2.27. The van der Waals surface area contributed by atoms with Crippen molar-refractivity contribution < 1.29 is 9.53 Å². The molecule has 0 radical (unpaired) electrons.